The van der Waals surface area contributed by atoms with Crippen LogP contribution >= 0.6 is 11.3 Å². The molecular weight excluding hydrogens is 360 g/mol. The van der Waals surface area contributed by atoms with E-state index < -0.39 is 0 Å². The predicted octanol–water partition coefficient (Wildman–Crippen LogP) is 2.56. The number of thiophene rings is 1. The van der Waals surface area contributed by atoms with Crippen LogP contribution in [0.3, 0.4) is 0 Å². The summed E-state index contributed by atoms with van der Waals surface area (Å²) >= 11 is 1.85. The third kappa shape index (κ3) is 3.10. The molecule has 0 N–H and O–H groups in total. The van der Waals surface area contributed by atoms with Gasteiger partial charge in [0.15, 0.2) is 0 Å². The highest BCUT2D eigenvalue weighted by Crippen LogP contribution is 2.41. The molecule has 4 heterocycles. The quantitative estimate of drug-likeness (QED) is 0.794. The van der Waals surface area contributed by atoms with Crippen LogP contribution in [-0.2, 0) is 22.4 Å². The topological polar surface area (TPSA) is 58.6 Å². The van der Waals surface area contributed by atoms with Gasteiger partial charge in [0, 0.05) is 37.0 Å². The molecule has 7 heteroatoms. The molecule has 2 fully saturated rings. The third-order valence-corrected chi connectivity index (χ3v) is 7.31. The van der Waals surface area contributed by atoms with Gasteiger partial charge < -0.3 is 14.5 Å². The van der Waals surface area contributed by atoms with Crippen molar-refractivity contribution in [2.24, 2.45) is 5.92 Å². The van der Waals surface area contributed by atoms with Crippen LogP contribution in [0.5, 0.6) is 0 Å². The Bertz CT molecular complexity index is 866. The summed E-state index contributed by atoms with van der Waals surface area (Å²) in [5, 5.41) is 1.29. The number of fused-ring (bicyclic) bond motifs is 3. The zero-order valence-corrected chi connectivity index (χ0v) is 16.7. The molecule has 1 aliphatic carbocycles. The number of amides is 1. The van der Waals surface area contributed by atoms with Gasteiger partial charge in [0.05, 0.1) is 18.6 Å². The van der Waals surface area contributed by atoms with Crippen LogP contribution in [0.25, 0.3) is 10.2 Å². The van der Waals surface area contributed by atoms with E-state index in [1.165, 1.54) is 28.7 Å². The summed E-state index contributed by atoms with van der Waals surface area (Å²) in [6.45, 7) is 6.62. The van der Waals surface area contributed by atoms with Crippen molar-refractivity contribution in [3.05, 3.63) is 16.3 Å². The van der Waals surface area contributed by atoms with E-state index in [-0.39, 0.29) is 5.92 Å². The van der Waals surface area contributed by atoms with Gasteiger partial charge in [-0.25, -0.2) is 9.97 Å². The summed E-state index contributed by atoms with van der Waals surface area (Å²) < 4.78 is 5.38. The molecular formula is C20H26N4O2S. The van der Waals surface area contributed by atoms with Crippen molar-refractivity contribution in [2.75, 3.05) is 44.3 Å². The van der Waals surface area contributed by atoms with Crippen molar-refractivity contribution in [2.45, 2.75) is 39.0 Å². The number of carbonyl (C=O) groups excluding carboxylic acids is 1. The summed E-state index contributed by atoms with van der Waals surface area (Å²) in [5.74, 6) is 2.42. The van der Waals surface area contributed by atoms with Crippen molar-refractivity contribution < 1.29 is 9.53 Å². The standard InChI is InChI=1S/C20H26N4O2S/c1-13-21-18(17-15-3-2-4-16(15)27-19(17)22-13)23-7-5-14(6-8-23)20(25)24-9-11-26-12-10-24/h14H,2-12H2,1H3. The van der Waals surface area contributed by atoms with Crippen LogP contribution in [0.1, 0.15) is 35.5 Å². The van der Waals surface area contributed by atoms with Gasteiger partial charge in [0.2, 0.25) is 5.91 Å². The number of carbonyl (C=O) groups is 1. The van der Waals surface area contributed by atoms with Crippen LogP contribution in [-0.4, -0.2) is 60.2 Å². The number of hydrogen-bond acceptors (Lipinski definition) is 6. The lowest BCUT2D eigenvalue weighted by Gasteiger charge is -2.36. The molecule has 2 aromatic rings. The molecule has 6 nitrogen and oxygen atoms in total. The number of piperidine rings is 1. The smallest absolute Gasteiger partial charge is 0.225 e. The van der Waals surface area contributed by atoms with E-state index in [1.807, 2.05) is 23.2 Å². The molecule has 0 aromatic carbocycles. The average Bonchev–Trinajstić information content (AvgIpc) is 3.28. The number of nitrogens with zero attached hydrogens (tertiary/aromatic N) is 4. The Kier molecular flexibility index (Phi) is 4.52. The molecule has 27 heavy (non-hydrogen) atoms. The van der Waals surface area contributed by atoms with Crippen molar-refractivity contribution >= 4 is 33.3 Å². The lowest BCUT2D eigenvalue weighted by atomic mass is 9.95. The second-order valence-corrected chi connectivity index (χ2v) is 8.91. The molecule has 0 unspecified atom stereocenters. The molecule has 5 rings (SSSR count). The van der Waals surface area contributed by atoms with Crippen LogP contribution in [0.15, 0.2) is 0 Å². The summed E-state index contributed by atoms with van der Waals surface area (Å²) in [6, 6.07) is 0. The fourth-order valence-corrected chi connectivity index (χ4v) is 5.99. The van der Waals surface area contributed by atoms with Gasteiger partial charge in [-0.1, -0.05) is 0 Å². The molecule has 3 aliphatic rings. The first-order valence-corrected chi connectivity index (χ1v) is 10.9. The van der Waals surface area contributed by atoms with E-state index in [4.69, 9.17) is 14.7 Å². The van der Waals surface area contributed by atoms with Crippen molar-refractivity contribution in [3.63, 3.8) is 0 Å². The van der Waals surface area contributed by atoms with Crippen molar-refractivity contribution in [3.8, 4) is 0 Å². The maximum atomic E-state index is 12.8. The van der Waals surface area contributed by atoms with Gasteiger partial charge in [-0.05, 0) is 44.6 Å². The second-order valence-electron chi connectivity index (χ2n) is 7.83. The molecule has 1 amide bonds. The Hall–Kier alpha value is -1.73. The number of rotatable bonds is 2. The first-order chi connectivity index (χ1) is 13.2. The van der Waals surface area contributed by atoms with Gasteiger partial charge in [-0.15, -0.1) is 11.3 Å². The van der Waals surface area contributed by atoms with Crippen LogP contribution in [0, 0.1) is 12.8 Å². The van der Waals surface area contributed by atoms with E-state index in [2.05, 4.69) is 4.90 Å². The number of morpholine rings is 1. The number of aryl methyl sites for hydroxylation is 3. The van der Waals surface area contributed by atoms with Gasteiger partial charge >= 0.3 is 0 Å². The Morgan fingerprint density at radius 3 is 2.67 bits per heavy atom. The maximum Gasteiger partial charge on any atom is 0.225 e. The summed E-state index contributed by atoms with van der Waals surface area (Å²) in [5.41, 5.74) is 1.48. The van der Waals surface area contributed by atoms with Crippen LogP contribution in [0.4, 0.5) is 5.82 Å². The van der Waals surface area contributed by atoms with E-state index >= 15 is 0 Å². The normalized spacial score (nSPS) is 21.1. The maximum absolute atomic E-state index is 12.8. The highest BCUT2D eigenvalue weighted by atomic mass is 32.1. The number of aromatic nitrogens is 2. The van der Waals surface area contributed by atoms with Crippen LogP contribution in [0.2, 0.25) is 0 Å². The third-order valence-electron chi connectivity index (χ3n) is 6.12. The molecule has 0 bridgehead atoms. The van der Waals surface area contributed by atoms with Gasteiger partial charge in [0.1, 0.15) is 16.5 Å². The number of hydrogen-bond donors (Lipinski definition) is 0. The van der Waals surface area contributed by atoms with Crippen molar-refractivity contribution in [1.82, 2.24) is 14.9 Å². The minimum atomic E-state index is 0.144. The number of anilines is 1. The zero-order valence-electron chi connectivity index (χ0n) is 15.9. The first-order valence-electron chi connectivity index (χ1n) is 10.1. The lowest BCUT2D eigenvalue weighted by molar-refractivity contribution is -0.140. The Morgan fingerprint density at radius 1 is 1.11 bits per heavy atom. The molecule has 0 saturated carbocycles. The van der Waals surface area contributed by atoms with E-state index in [9.17, 15) is 4.79 Å². The monoisotopic (exact) mass is 386 g/mol. The summed E-state index contributed by atoms with van der Waals surface area (Å²) in [4.78, 5) is 29.4. The highest BCUT2D eigenvalue weighted by Gasteiger charge is 2.31. The fourth-order valence-electron chi connectivity index (χ4n) is 4.69. The Balaban J connectivity index is 1.36. The molecule has 144 valence electrons. The van der Waals surface area contributed by atoms with E-state index in [1.54, 1.807) is 0 Å². The minimum absolute atomic E-state index is 0.144. The van der Waals surface area contributed by atoms with Gasteiger partial charge in [-0.2, -0.15) is 0 Å². The lowest BCUT2D eigenvalue weighted by Crippen LogP contribution is -2.47. The second kappa shape index (κ2) is 7.02. The largest absolute Gasteiger partial charge is 0.378 e. The Morgan fingerprint density at radius 2 is 1.89 bits per heavy atom. The molecule has 0 spiro atoms. The zero-order chi connectivity index (χ0) is 18.4. The van der Waals surface area contributed by atoms with Gasteiger partial charge in [0.25, 0.3) is 0 Å². The average molecular weight is 387 g/mol. The fraction of sp³-hybridized carbons (Fsp3) is 0.650. The SMILES string of the molecule is Cc1nc(N2CCC(C(=O)N3CCOCC3)CC2)c2c3c(sc2n1)CCC3. The summed E-state index contributed by atoms with van der Waals surface area (Å²) in [6.07, 6.45) is 5.41. The summed E-state index contributed by atoms with van der Waals surface area (Å²) in [7, 11) is 0. The molecule has 0 radical (unpaired) electrons. The Labute approximate surface area is 163 Å². The first kappa shape index (κ1) is 17.4. The van der Waals surface area contributed by atoms with Gasteiger partial charge in [-0.3, -0.25) is 4.79 Å². The van der Waals surface area contributed by atoms with E-state index in [0.717, 1.165) is 61.9 Å². The molecule has 2 aliphatic heterocycles. The molecule has 2 aromatic heterocycles. The molecule has 2 saturated heterocycles. The van der Waals surface area contributed by atoms with E-state index in [0.29, 0.717) is 19.1 Å². The predicted molar refractivity (Wildman–Crippen MR) is 107 cm³/mol. The minimum Gasteiger partial charge on any atom is -0.378 e. The van der Waals surface area contributed by atoms with Crippen molar-refractivity contribution in [1.29, 1.82) is 0 Å². The molecule has 0 atom stereocenters. The number of ether oxygens (including phenoxy) is 1. The highest BCUT2D eigenvalue weighted by molar-refractivity contribution is 7.19. The van der Waals surface area contributed by atoms with Crippen LogP contribution < -0.4 is 4.90 Å².